The molecule has 27 heavy (non-hydrogen) atoms. The Bertz CT molecular complexity index is 864. The molecule has 5 rings (SSSR count). The van der Waals surface area contributed by atoms with Gasteiger partial charge in [-0.25, -0.2) is 9.97 Å². The van der Waals surface area contributed by atoms with Gasteiger partial charge in [0.1, 0.15) is 11.6 Å². The van der Waals surface area contributed by atoms with Crippen molar-refractivity contribution >= 4 is 23.2 Å². The molecule has 2 aliphatic heterocycles. The van der Waals surface area contributed by atoms with E-state index in [2.05, 4.69) is 32.8 Å². The number of aryl methyl sites for hydroxylation is 1. The maximum Gasteiger partial charge on any atom is 0.224 e. The second kappa shape index (κ2) is 6.63. The standard InChI is InChI=1S/C19H25ClN6O/c1-12-11-27-8-7-26(12)18-14-10-25(6-5-15(14)21-19(20)22-18)17-9-16(13-3-4-13)23-24(17)2/h9,12-13H,3-8,10-11H2,1-2H3. The zero-order chi connectivity index (χ0) is 18.5. The molecule has 2 fully saturated rings. The van der Waals surface area contributed by atoms with E-state index in [1.165, 1.54) is 29.9 Å². The largest absolute Gasteiger partial charge is 0.377 e. The van der Waals surface area contributed by atoms with E-state index < -0.39 is 0 Å². The van der Waals surface area contributed by atoms with Crippen LogP contribution in [0.1, 0.15) is 42.6 Å². The van der Waals surface area contributed by atoms with Gasteiger partial charge in [0.15, 0.2) is 0 Å². The van der Waals surface area contributed by atoms with Crippen molar-refractivity contribution in [1.82, 2.24) is 19.7 Å². The molecule has 1 atom stereocenters. The normalized spacial score (nSPS) is 22.9. The van der Waals surface area contributed by atoms with E-state index in [-0.39, 0.29) is 6.04 Å². The van der Waals surface area contributed by atoms with Crippen LogP contribution in [-0.2, 0) is 24.8 Å². The van der Waals surface area contributed by atoms with Crippen molar-refractivity contribution in [3.05, 3.63) is 28.3 Å². The van der Waals surface area contributed by atoms with E-state index in [0.717, 1.165) is 44.2 Å². The summed E-state index contributed by atoms with van der Waals surface area (Å²) in [5, 5.41) is 5.08. The Kier molecular flexibility index (Phi) is 4.24. The zero-order valence-corrected chi connectivity index (χ0v) is 16.6. The molecule has 0 aromatic carbocycles. The predicted molar refractivity (Wildman–Crippen MR) is 105 cm³/mol. The molecule has 1 saturated carbocycles. The monoisotopic (exact) mass is 388 g/mol. The van der Waals surface area contributed by atoms with Gasteiger partial charge in [-0.1, -0.05) is 0 Å². The van der Waals surface area contributed by atoms with Gasteiger partial charge >= 0.3 is 0 Å². The van der Waals surface area contributed by atoms with Gasteiger partial charge in [0.25, 0.3) is 0 Å². The first kappa shape index (κ1) is 17.3. The SMILES string of the molecule is CC1COCCN1c1nc(Cl)nc2c1CN(c1cc(C3CC3)nn1C)CC2. The third-order valence-corrected chi connectivity index (χ3v) is 6.01. The van der Waals surface area contributed by atoms with Crippen molar-refractivity contribution in [2.24, 2.45) is 7.05 Å². The second-order valence-electron chi connectivity index (χ2n) is 7.86. The molecule has 1 saturated heterocycles. The molecule has 8 heteroatoms. The number of anilines is 2. The fourth-order valence-electron chi connectivity index (χ4n) is 4.20. The zero-order valence-electron chi connectivity index (χ0n) is 15.9. The molecule has 1 aliphatic carbocycles. The summed E-state index contributed by atoms with van der Waals surface area (Å²) in [6, 6.07) is 2.54. The molecule has 144 valence electrons. The number of ether oxygens (including phenoxy) is 1. The number of nitrogens with zero attached hydrogens (tertiary/aromatic N) is 6. The van der Waals surface area contributed by atoms with E-state index in [0.29, 0.717) is 17.8 Å². The maximum absolute atomic E-state index is 6.26. The highest BCUT2D eigenvalue weighted by atomic mass is 35.5. The summed E-state index contributed by atoms with van der Waals surface area (Å²) in [6.07, 6.45) is 3.41. The first-order chi connectivity index (χ1) is 13.1. The van der Waals surface area contributed by atoms with Crippen LogP contribution < -0.4 is 9.80 Å². The summed E-state index contributed by atoms with van der Waals surface area (Å²) in [6.45, 7) is 6.14. The molecular weight excluding hydrogens is 364 g/mol. The number of rotatable bonds is 3. The molecule has 4 heterocycles. The average molecular weight is 389 g/mol. The number of aromatic nitrogens is 4. The van der Waals surface area contributed by atoms with Crippen LogP contribution in [-0.4, -0.2) is 52.1 Å². The number of morpholine rings is 1. The summed E-state index contributed by atoms with van der Waals surface area (Å²) in [5.41, 5.74) is 3.49. The van der Waals surface area contributed by atoms with Gasteiger partial charge in [-0.05, 0) is 31.4 Å². The average Bonchev–Trinajstić information content (AvgIpc) is 3.43. The van der Waals surface area contributed by atoms with Crippen LogP contribution >= 0.6 is 11.6 Å². The van der Waals surface area contributed by atoms with Crippen molar-refractivity contribution in [2.75, 3.05) is 36.1 Å². The highest BCUT2D eigenvalue weighted by molar-refractivity contribution is 6.28. The third kappa shape index (κ3) is 3.17. The molecule has 3 aliphatic rings. The van der Waals surface area contributed by atoms with Gasteiger partial charge in [-0.3, -0.25) is 4.68 Å². The number of hydrogen-bond donors (Lipinski definition) is 0. The summed E-state index contributed by atoms with van der Waals surface area (Å²) in [4.78, 5) is 13.9. The minimum absolute atomic E-state index is 0.280. The van der Waals surface area contributed by atoms with Gasteiger partial charge in [-0.2, -0.15) is 5.10 Å². The maximum atomic E-state index is 6.26. The molecule has 0 bridgehead atoms. The van der Waals surface area contributed by atoms with Crippen molar-refractivity contribution in [1.29, 1.82) is 0 Å². The van der Waals surface area contributed by atoms with E-state index in [9.17, 15) is 0 Å². The van der Waals surface area contributed by atoms with Crippen LogP contribution in [0.5, 0.6) is 0 Å². The minimum atomic E-state index is 0.280. The summed E-state index contributed by atoms with van der Waals surface area (Å²) >= 11 is 6.26. The van der Waals surface area contributed by atoms with Crippen LogP contribution in [0.3, 0.4) is 0 Å². The van der Waals surface area contributed by atoms with E-state index in [1.54, 1.807) is 0 Å². The molecule has 0 N–H and O–H groups in total. The lowest BCUT2D eigenvalue weighted by molar-refractivity contribution is 0.0984. The lowest BCUT2D eigenvalue weighted by Crippen LogP contribution is -2.45. The fourth-order valence-corrected chi connectivity index (χ4v) is 4.38. The van der Waals surface area contributed by atoms with Gasteiger partial charge in [-0.15, -0.1) is 0 Å². The Hall–Kier alpha value is -1.86. The number of fused-ring (bicyclic) bond motifs is 1. The quantitative estimate of drug-likeness (QED) is 0.753. The molecule has 0 radical (unpaired) electrons. The highest BCUT2D eigenvalue weighted by Gasteiger charge is 2.31. The lowest BCUT2D eigenvalue weighted by atomic mass is 10.0. The van der Waals surface area contributed by atoms with Crippen LogP contribution in [0.4, 0.5) is 11.6 Å². The summed E-state index contributed by atoms with van der Waals surface area (Å²) in [7, 11) is 2.04. The Morgan fingerprint density at radius 3 is 2.85 bits per heavy atom. The fraction of sp³-hybridized carbons (Fsp3) is 0.632. The van der Waals surface area contributed by atoms with Crippen LogP contribution in [0, 0.1) is 0 Å². The molecule has 2 aromatic rings. The number of halogens is 1. The number of hydrogen-bond acceptors (Lipinski definition) is 6. The minimum Gasteiger partial charge on any atom is -0.377 e. The Morgan fingerprint density at radius 2 is 2.07 bits per heavy atom. The third-order valence-electron chi connectivity index (χ3n) is 5.84. The van der Waals surface area contributed by atoms with Crippen molar-refractivity contribution in [2.45, 2.75) is 44.7 Å². The Labute approximate surface area is 164 Å². The van der Waals surface area contributed by atoms with Crippen molar-refractivity contribution < 1.29 is 4.74 Å². The topological polar surface area (TPSA) is 59.3 Å². The Balaban J connectivity index is 1.49. The van der Waals surface area contributed by atoms with Gasteiger partial charge in [0.05, 0.1) is 30.6 Å². The van der Waals surface area contributed by atoms with Crippen molar-refractivity contribution in [3.8, 4) is 0 Å². The van der Waals surface area contributed by atoms with Crippen LogP contribution in [0.15, 0.2) is 6.07 Å². The first-order valence-electron chi connectivity index (χ1n) is 9.78. The van der Waals surface area contributed by atoms with E-state index in [4.69, 9.17) is 21.4 Å². The van der Waals surface area contributed by atoms with E-state index in [1.807, 2.05) is 11.7 Å². The summed E-state index contributed by atoms with van der Waals surface area (Å²) in [5.74, 6) is 2.81. The van der Waals surface area contributed by atoms with Gasteiger partial charge in [0, 0.05) is 50.7 Å². The second-order valence-corrected chi connectivity index (χ2v) is 8.19. The van der Waals surface area contributed by atoms with Crippen molar-refractivity contribution in [3.63, 3.8) is 0 Å². The summed E-state index contributed by atoms with van der Waals surface area (Å²) < 4.78 is 7.63. The van der Waals surface area contributed by atoms with Crippen LogP contribution in [0.2, 0.25) is 5.28 Å². The molecule has 7 nitrogen and oxygen atoms in total. The Morgan fingerprint density at radius 1 is 1.22 bits per heavy atom. The molecule has 0 amide bonds. The lowest BCUT2D eigenvalue weighted by Gasteiger charge is -2.38. The predicted octanol–water partition coefficient (Wildman–Crippen LogP) is 2.53. The van der Waals surface area contributed by atoms with Gasteiger partial charge < -0.3 is 14.5 Å². The molecule has 0 spiro atoms. The van der Waals surface area contributed by atoms with Gasteiger partial charge in [0.2, 0.25) is 5.28 Å². The smallest absolute Gasteiger partial charge is 0.224 e. The highest BCUT2D eigenvalue weighted by Crippen LogP contribution is 2.41. The molecule has 1 unspecified atom stereocenters. The first-order valence-corrected chi connectivity index (χ1v) is 10.2. The molecule has 2 aromatic heterocycles. The molecular formula is C19H25ClN6O. The van der Waals surface area contributed by atoms with Crippen LogP contribution in [0.25, 0.3) is 0 Å². The van der Waals surface area contributed by atoms with E-state index >= 15 is 0 Å².